The Morgan fingerprint density at radius 2 is 2.06 bits per heavy atom. The number of aliphatic carboxylic acids is 1. The van der Waals surface area contributed by atoms with Crippen LogP contribution < -0.4 is 29.3 Å². The maximum Gasteiger partial charge on any atom is 1.00 e. The van der Waals surface area contributed by atoms with E-state index < -0.39 is 5.97 Å². The van der Waals surface area contributed by atoms with Crippen LogP contribution in [0.2, 0.25) is 0 Å². The van der Waals surface area contributed by atoms with Gasteiger partial charge in [-0.15, -0.1) is 0 Å². The first-order valence-corrected chi connectivity index (χ1v) is 5.10. The Morgan fingerprint density at radius 1 is 1.47 bits per heavy atom. The molecule has 0 unspecified atom stereocenters. The number of nitrogens with one attached hydrogen (secondary N) is 1. The summed E-state index contributed by atoms with van der Waals surface area (Å²) in [5.74, 6) is -1.09. The van der Waals surface area contributed by atoms with Crippen molar-refractivity contribution in [2.75, 3.05) is 6.54 Å². The standard InChI is InChI=1S/C12H14N2O2.Li/c1-2-14-11(7-12(15)16)10-5-3-9(8-13)4-6-10;/h3-6,11,14H,2,7H2,1H3,(H,15,16);/q;+1/p-1/t11-;/m1./s1. The van der Waals surface area contributed by atoms with Crippen molar-refractivity contribution < 1.29 is 28.8 Å². The molecule has 1 rings (SSSR count). The van der Waals surface area contributed by atoms with Crippen LogP contribution >= 0.6 is 0 Å². The molecule has 0 aliphatic heterocycles. The molecule has 0 bridgehead atoms. The van der Waals surface area contributed by atoms with Crippen molar-refractivity contribution in [1.82, 2.24) is 5.32 Å². The Morgan fingerprint density at radius 3 is 2.47 bits per heavy atom. The second-order valence-corrected chi connectivity index (χ2v) is 3.42. The van der Waals surface area contributed by atoms with E-state index >= 15 is 0 Å². The Balaban J connectivity index is 0.00000256. The summed E-state index contributed by atoms with van der Waals surface area (Å²) in [5.41, 5.74) is 1.41. The fourth-order valence-corrected chi connectivity index (χ4v) is 1.51. The smallest absolute Gasteiger partial charge is 0.550 e. The first-order chi connectivity index (χ1) is 7.67. The third kappa shape index (κ3) is 5.06. The summed E-state index contributed by atoms with van der Waals surface area (Å²) >= 11 is 0. The van der Waals surface area contributed by atoms with Gasteiger partial charge >= 0.3 is 18.9 Å². The average Bonchev–Trinajstić information content (AvgIpc) is 2.28. The summed E-state index contributed by atoms with van der Waals surface area (Å²) in [4.78, 5) is 10.6. The van der Waals surface area contributed by atoms with Gasteiger partial charge in [0, 0.05) is 18.4 Å². The van der Waals surface area contributed by atoms with E-state index in [1.54, 1.807) is 24.3 Å². The largest absolute Gasteiger partial charge is 1.00 e. The molecule has 0 saturated heterocycles. The molecule has 0 heterocycles. The van der Waals surface area contributed by atoms with Crippen LogP contribution in [0.3, 0.4) is 0 Å². The summed E-state index contributed by atoms with van der Waals surface area (Å²) < 4.78 is 0. The van der Waals surface area contributed by atoms with Gasteiger partial charge < -0.3 is 15.2 Å². The number of carboxylic acid groups (broad SMARTS) is 1. The van der Waals surface area contributed by atoms with Crippen LogP contribution in [0.4, 0.5) is 0 Å². The Kier molecular flexibility index (Phi) is 7.33. The van der Waals surface area contributed by atoms with Crippen LogP contribution in [0.25, 0.3) is 0 Å². The van der Waals surface area contributed by atoms with Gasteiger partial charge in [0.25, 0.3) is 0 Å². The van der Waals surface area contributed by atoms with E-state index in [4.69, 9.17) is 5.26 Å². The summed E-state index contributed by atoms with van der Waals surface area (Å²) in [5, 5.41) is 22.3. The zero-order valence-electron chi connectivity index (χ0n) is 10.1. The molecular weight excluding hydrogens is 211 g/mol. The Bertz CT molecular complexity index is 398. The maximum absolute atomic E-state index is 10.6. The number of nitrogens with zero attached hydrogens (tertiary/aromatic N) is 1. The molecule has 0 aromatic heterocycles. The number of rotatable bonds is 5. The molecule has 17 heavy (non-hydrogen) atoms. The van der Waals surface area contributed by atoms with E-state index in [9.17, 15) is 9.90 Å². The summed E-state index contributed by atoms with van der Waals surface area (Å²) in [6.45, 7) is 2.59. The SMILES string of the molecule is CCN[C@H](CC(=O)[O-])c1ccc(C#N)cc1.[Li+]. The number of carbonyl (C=O) groups is 1. The van der Waals surface area contributed by atoms with Crippen LogP contribution in [-0.4, -0.2) is 12.5 Å². The van der Waals surface area contributed by atoms with E-state index in [1.807, 2.05) is 13.0 Å². The number of carbonyl (C=O) groups excluding carboxylic acids is 1. The van der Waals surface area contributed by atoms with E-state index in [0.717, 1.165) is 5.56 Å². The minimum atomic E-state index is -1.09. The maximum atomic E-state index is 10.6. The first kappa shape index (κ1) is 15.7. The van der Waals surface area contributed by atoms with Crippen LogP contribution in [0, 0.1) is 11.3 Å². The third-order valence-electron chi connectivity index (χ3n) is 2.26. The van der Waals surface area contributed by atoms with Gasteiger partial charge in [0.2, 0.25) is 0 Å². The zero-order valence-corrected chi connectivity index (χ0v) is 10.1. The molecule has 0 saturated carbocycles. The molecule has 1 aromatic rings. The van der Waals surface area contributed by atoms with Crippen LogP contribution in [0.15, 0.2) is 24.3 Å². The molecule has 0 radical (unpaired) electrons. The van der Waals surface area contributed by atoms with Crippen molar-refractivity contribution in [1.29, 1.82) is 5.26 Å². The predicted octanol–water partition coefficient (Wildman–Crippen LogP) is -2.65. The monoisotopic (exact) mass is 224 g/mol. The van der Waals surface area contributed by atoms with Crippen molar-refractivity contribution in [2.24, 2.45) is 0 Å². The van der Waals surface area contributed by atoms with Gasteiger partial charge in [-0.3, -0.25) is 0 Å². The molecule has 5 heteroatoms. The fraction of sp³-hybridized carbons (Fsp3) is 0.333. The number of hydrogen-bond acceptors (Lipinski definition) is 4. The number of benzene rings is 1. The Labute approximate surface area is 113 Å². The third-order valence-corrected chi connectivity index (χ3v) is 2.26. The van der Waals surface area contributed by atoms with Crippen molar-refractivity contribution in [3.05, 3.63) is 35.4 Å². The topological polar surface area (TPSA) is 75.9 Å². The summed E-state index contributed by atoms with van der Waals surface area (Å²) in [7, 11) is 0. The van der Waals surface area contributed by atoms with E-state index in [-0.39, 0.29) is 31.3 Å². The molecule has 1 atom stereocenters. The summed E-state index contributed by atoms with van der Waals surface area (Å²) in [6.07, 6.45) is -0.0697. The average molecular weight is 224 g/mol. The number of carboxylic acids is 1. The second kappa shape index (κ2) is 7.92. The van der Waals surface area contributed by atoms with Crippen LogP contribution in [-0.2, 0) is 4.79 Å². The minimum absolute atomic E-state index is 0. The second-order valence-electron chi connectivity index (χ2n) is 3.42. The molecule has 0 spiro atoms. The van der Waals surface area contributed by atoms with Gasteiger partial charge in [-0.25, -0.2) is 0 Å². The molecular formula is C12H13LiN2O2. The molecule has 0 aliphatic carbocycles. The van der Waals surface area contributed by atoms with E-state index in [0.29, 0.717) is 12.1 Å². The van der Waals surface area contributed by atoms with Gasteiger partial charge in [-0.2, -0.15) is 5.26 Å². The van der Waals surface area contributed by atoms with E-state index in [1.165, 1.54) is 0 Å². The van der Waals surface area contributed by atoms with Gasteiger partial charge in [0.1, 0.15) is 0 Å². The number of hydrogen-bond donors (Lipinski definition) is 1. The fourth-order valence-electron chi connectivity index (χ4n) is 1.51. The quantitative estimate of drug-likeness (QED) is 0.554. The molecule has 84 valence electrons. The van der Waals surface area contributed by atoms with Crippen LogP contribution in [0.1, 0.15) is 30.5 Å². The Hall–Kier alpha value is -1.26. The normalized spacial score (nSPS) is 11.1. The molecule has 0 amide bonds. The van der Waals surface area contributed by atoms with Gasteiger partial charge in [-0.1, -0.05) is 19.1 Å². The minimum Gasteiger partial charge on any atom is -0.550 e. The van der Waals surface area contributed by atoms with Gasteiger partial charge in [0.15, 0.2) is 0 Å². The summed E-state index contributed by atoms with van der Waals surface area (Å²) in [6, 6.07) is 8.62. The zero-order chi connectivity index (χ0) is 12.0. The first-order valence-electron chi connectivity index (χ1n) is 5.10. The van der Waals surface area contributed by atoms with Gasteiger partial charge in [-0.05, 0) is 24.2 Å². The molecule has 0 fully saturated rings. The molecule has 4 nitrogen and oxygen atoms in total. The predicted molar refractivity (Wildman–Crippen MR) is 57.2 cm³/mol. The van der Waals surface area contributed by atoms with Crippen LogP contribution in [0.5, 0.6) is 0 Å². The van der Waals surface area contributed by atoms with Crippen molar-refractivity contribution in [3.8, 4) is 6.07 Å². The molecule has 1 N–H and O–H groups in total. The van der Waals surface area contributed by atoms with Crippen molar-refractivity contribution in [2.45, 2.75) is 19.4 Å². The van der Waals surface area contributed by atoms with Gasteiger partial charge in [0.05, 0.1) is 11.6 Å². The number of nitriles is 1. The molecule has 0 aliphatic rings. The van der Waals surface area contributed by atoms with E-state index in [2.05, 4.69) is 5.32 Å². The van der Waals surface area contributed by atoms with Crippen molar-refractivity contribution >= 4 is 5.97 Å². The molecule has 1 aromatic carbocycles. The van der Waals surface area contributed by atoms with Crippen molar-refractivity contribution in [3.63, 3.8) is 0 Å².